The molecule has 0 bridgehead atoms. The Hall–Kier alpha value is -1.72. The van der Waals surface area contributed by atoms with Gasteiger partial charge in [-0.3, -0.25) is 14.8 Å². The fourth-order valence-corrected chi connectivity index (χ4v) is 2.00. The normalized spacial score (nSPS) is 12.8. The second kappa shape index (κ2) is 8.06. The second-order valence-electron chi connectivity index (χ2n) is 4.90. The molecule has 0 atom stereocenters. The number of nitrogens with one attached hydrogen (secondary N) is 1. The van der Waals surface area contributed by atoms with Crippen molar-refractivity contribution >= 4 is 30.7 Å². The number of amides is 1. The van der Waals surface area contributed by atoms with Crippen molar-refractivity contribution in [3.05, 3.63) is 59.4 Å². The first-order valence-electron chi connectivity index (χ1n) is 6.56. The summed E-state index contributed by atoms with van der Waals surface area (Å²) in [6.07, 6.45) is 6.61. The van der Waals surface area contributed by atoms with E-state index in [-0.39, 0.29) is 30.4 Å². The summed E-state index contributed by atoms with van der Waals surface area (Å²) in [6, 6.07) is 5.30. The van der Waals surface area contributed by atoms with Crippen LogP contribution in [0.1, 0.15) is 40.4 Å². The number of halogens is 3. The maximum absolute atomic E-state index is 13.4. The molecule has 1 N–H and O–H groups in total. The number of aromatic nitrogens is 2. The van der Waals surface area contributed by atoms with E-state index in [0.29, 0.717) is 12.5 Å². The van der Waals surface area contributed by atoms with Gasteiger partial charge in [-0.05, 0) is 30.5 Å². The lowest BCUT2D eigenvalue weighted by molar-refractivity contribution is 0.0946. The molecule has 0 spiro atoms. The van der Waals surface area contributed by atoms with Gasteiger partial charge in [0.25, 0.3) is 5.91 Å². The fraction of sp³-hybridized carbons (Fsp3) is 0.267. The number of carbonyl (C=O) groups excluding carboxylic acids is 1. The summed E-state index contributed by atoms with van der Waals surface area (Å²) >= 11 is 0. The number of pyridine rings is 2. The molecule has 1 amide bonds. The van der Waals surface area contributed by atoms with Gasteiger partial charge in [0.2, 0.25) is 0 Å². The summed E-state index contributed by atoms with van der Waals surface area (Å²) in [7, 11) is 0. The number of hydrogen-bond donors (Lipinski definition) is 1. The Kier molecular flexibility index (Phi) is 6.71. The van der Waals surface area contributed by atoms with Crippen LogP contribution in [0.15, 0.2) is 36.8 Å². The lowest BCUT2D eigenvalue weighted by atomic mass is 10.2. The van der Waals surface area contributed by atoms with Crippen molar-refractivity contribution in [2.24, 2.45) is 0 Å². The molecule has 2 aromatic rings. The number of rotatable bonds is 4. The summed E-state index contributed by atoms with van der Waals surface area (Å²) in [4.78, 5) is 19.8. The van der Waals surface area contributed by atoms with Crippen LogP contribution >= 0.6 is 24.8 Å². The standard InChI is InChI=1S/C15H14FN3O.2ClH/c16-13-9-17-6-5-12(13)15(20)19-8-10-1-4-14(18-7-10)11-2-3-11;;/h1,4-7,9,11H,2-3,8H2,(H,19,20);2*1H. The Morgan fingerprint density at radius 2 is 2.00 bits per heavy atom. The molecule has 4 nitrogen and oxygen atoms in total. The Morgan fingerprint density at radius 1 is 1.23 bits per heavy atom. The van der Waals surface area contributed by atoms with Crippen LogP contribution in [0.25, 0.3) is 0 Å². The molecule has 0 radical (unpaired) electrons. The maximum atomic E-state index is 13.4. The predicted octanol–water partition coefficient (Wildman–Crippen LogP) is 3.27. The van der Waals surface area contributed by atoms with E-state index in [1.165, 1.54) is 25.1 Å². The van der Waals surface area contributed by atoms with Gasteiger partial charge in [0, 0.05) is 30.6 Å². The molecule has 0 unspecified atom stereocenters. The molecule has 1 aliphatic carbocycles. The van der Waals surface area contributed by atoms with E-state index in [2.05, 4.69) is 15.3 Å². The topological polar surface area (TPSA) is 54.9 Å². The van der Waals surface area contributed by atoms with E-state index in [4.69, 9.17) is 0 Å². The molecule has 118 valence electrons. The highest BCUT2D eigenvalue weighted by Gasteiger charge is 2.24. The molecule has 2 heterocycles. The van der Waals surface area contributed by atoms with E-state index in [1.54, 1.807) is 6.20 Å². The molecule has 7 heteroatoms. The van der Waals surface area contributed by atoms with Crippen molar-refractivity contribution in [1.29, 1.82) is 0 Å². The van der Waals surface area contributed by atoms with E-state index < -0.39 is 11.7 Å². The Bertz CT molecular complexity index is 633. The smallest absolute Gasteiger partial charge is 0.254 e. The Balaban J connectivity index is 0.00000121. The molecular weight excluding hydrogens is 328 g/mol. The Labute approximate surface area is 140 Å². The summed E-state index contributed by atoms with van der Waals surface area (Å²) in [6.45, 7) is 0.332. The van der Waals surface area contributed by atoms with Gasteiger partial charge in [-0.1, -0.05) is 6.07 Å². The monoisotopic (exact) mass is 343 g/mol. The van der Waals surface area contributed by atoms with Gasteiger partial charge in [0.05, 0.1) is 11.8 Å². The van der Waals surface area contributed by atoms with Crippen molar-refractivity contribution in [1.82, 2.24) is 15.3 Å². The van der Waals surface area contributed by atoms with Crippen molar-refractivity contribution in [3.63, 3.8) is 0 Å². The maximum Gasteiger partial charge on any atom is 0.254 e. The average Bonchev–Trinajstić information content (AvgIpc) is 3.30. The average molecular weight is 344 g/mol. The third-order valence-electron chi connectivity index (χ3n) is 3.31. The fourth-order valence-electron chi connectivity index (χ4n) is 2.00. The largest absolute Gasteiger partial charge is 0.348 e. The Morgan fingerprint density at radius 3 is 2.59 bits per heavy atom. The lowest BCUT2D eigenvalue weighted by Crippen LogP contribution is -2.24. The van der Waals surface area contributed by atoms with Crippen LogP contribution in [0.4, 0.5) is 4.39 Å². The van der Waals surface area contributed by atoms with Gasteiger partial charge in [0.15, 0.2) is 5.82 Å². The highest BCUT2D eigenvalue weighted by Crippen LogP contribution is 2.38. The van der Waals surface area contributed by atoms with E-state index in [0.717, 1.165) is 17.5 Å². The number of hydrogen-bond acceptors (Lipinski definition) is 3. The zero-order chi connectivity index (χ0) is 13.9. The van der Waals surface area contributed by atoms with E-state index in [9.17, 15) is 9.18 Å². The molecule has 22 heavy (non-hydrogen) atoms. The van der Waals surface area contributed by atoms with Gasteiger partial charge in [0.1, 0.15) is 0 Å². The summed E-state index contributed by atoms with van der Waals surface area (Å²) in [5.41, 5.74) is 2.01. The minimum Gasteiger partial charge on any atom is -0.348 e. The molecular formula is C15H16Cl2FN3O. The molecule has 1 aliphatic rings. The van der Waals surface area contributed by atoms with Gasteiger partial charge in [-0.2, -0.15) is 0 Å². The molecule has 1 saturated carbocycles. The van der Waals surface area contributed by atoms with E-state index in [1.807, 2.05) is 12.1 Å². The molecule has 0 saturated heterocycles. The highest BCUT2D eigenvalue weighted by atomic mass is 35.5. The lowest BCUT2D eigenvalue weighted by Gasteiger charge is -2.06. The molecule has 1 fully saturated rings. The van der Waals surface area contributed by atoms with Crippen LogP contribution in [0.3, 0.4) is 0 Å². The quantitative estimate of drug-likeness (QED) is 0.926. The number of nitrogens with zero attached hydrogens (tertiary/aromatic N) is 2. The first-order chi connectivity index (χ1) is 9.74. The van der Waals surface area contributed by atoms with Gasteiger partial charge < -0.3 is 5.32 Å². The second-order valence-corrected chi connectivity index (χ2v) is 4.90. The zero-order valence-electron chi connectivity index (χ0n) is 11.7. The highest BCUT2D eigenvalue weighted by molar-refractivity contribution is 5.94. The van der Waals surface area contributed by atoms with Crippen LogP contribution < -0.4 is 5.32 Å². The predicted molar refractivity (Wildman–Crippen MR) is 86.1 cm³/mol. The van der Waals surface area contributed by atoms with E-state index >= 15 is 0 Å². The zero-order valence-corrected chi connectivity index (χ0v) is 13.3. The van der Waals surface area contributed by atoms with Crippen LogP contribution in [-0.4, -0.2) is 15.9 Å². The van der Waals surface area contributed by atoms with Crippen LogP contribution in [0, 0.1) is 5.82 Å². The van der Waals surface area contributed by atoms with Crippen molar-refractivity contribution < 1.29 is 9.18 Å². The molecule has 0 aromatic carbocycles. The first-order valence-corrected chi connectivity index (χ1v) is 6.56. The van der Waals surface area contributed by atoms with Crippen molar-refractivity contribution in [3.8, 4) is 0 Å². The summed E-state index contributed by atoms with van der Waals surface area (Å²) < 4.78 is 13.4. The van der Waals surface area contributed by atoms with Crippen LogP contribution in [0.5, 0.6) is 0 Å². The number of carbonyl (C=O) groups is 1. The SMILES string of the molecule is Cl.Cl.O=C(NCc1ccc(C2CC2)nc1)c1ccncc1F. The molecule has 2 aromatic heterocycles. The van der Waals surface area contributed by atoms with Crippen LogP contribution in [0.2, 0.25) is 0 Å². The first kappa shape index (κ1) is 18.3. The molecule has 0 aliphatic heterocycles. The third-order valence-corrected chi connectivity index (χ3v) is 3.31. The third kappa shape index (κ3) is 4.39. The van der Waals surface area contributed by atoms with Gasteiger partial charge in [-0.25, -0.2) is 4.39 Å². The minimum atomic E-state index is -0.618. The van der Waals surface area contributed by atoms with Gasteiger partial charge in [-0.15, -0.1) is 24.8 Å². The van der Waals surface area contributed by atoms with Gasteiger partial charge >= 0.3 is 0 Å². The van der Waals surface area contributed by atoms with Crippen molar-refractivity contribution in [2.45, 2.75) is 25.3 Å². The van der Waals surface area contributed by atoms with Crippen molar-refractivity contribution in [2.75, 3.05) is 0 Å². The molecule has 3 rings (SSSR count). The van der Waals surface area contributed by atoms with Crippen LogP contribution in [-0.2, 0) is 6.54 Å². The summed E-state index contributed by atoms with van der Waals surface area (Å²) in [5, 5.41) is 2.67. The summed E-state index contributed by atoms with van der Waals surface area (Å²) in [5.74, 6) is -0.451. The minimum absolute atomic E-state index is 0.